The number of carbonyl (C=O) groups excluding carboxylic acids is 4. The van der Waals surface area contributed by atoms with Crippen LogP contribution in [0.2, 0.25) is 0 Å². The third-order valence-electron chi connectivity index (χ3n) is 2.68. The van der Waals surface area contributed by atoms with Crippen LogP contribution in [0.3, 0.4) is 0 Å². The van der Waals surface area contributed by atoms with Gasteiger partial charge >= 0.3 is 18.0 Å². The van der Waals surface area contributed by atoms with Gasteiger partial charge in [0.05, 0.1) is 33.9 Å². The van der Waals surface area contributed by atoms with Gasteiger partial charge in [-0.3, -0.25) is 24.2 Å². The minimum Gasteiger partial charge on any atom is -0.468 e. The van der Waals surface area contributed by atoms with Crippen LogP contribution >= 0.6 is 0 Å². The topological polar surface area (TPSA) is 105 Å². The first-order chi connectivity index (χ1) is 9.47. The van der Waals surface area contributed by atoms with E-state index in [1.165, 1.54) is 19.1 Å². The normalized spacial score (nSPS) is 14.2. The molecule has 3 amide bonds. The second-order valence-corrected chi connectivity index (χ2v) is 4.07. The Balaban J connectivity index is 2.62. The number of amides is 3. The fraction of sp³-hybridized carbons (Fsp3) is 0.636. The van der Waals surface area contributed by atoms with Crippen LogP contribution in [0.4, 0.5) is 4.79 Å². The molecule has 0 aromatic heterocycles. The molecule has 0 aliphatic carbocycles. The molecule has 20 heavy (non-hydrogen) atoms. The lowest BCUT2D eigenvalue weighted by Gasteiger charge is -2.21. The predicted octanol–water partition coefficient (Wildman–Crippen LogP) is -1.81. The summed E-state index contributed by atoms with van der Waals surface area (Å²) in [4.78, 5) is 48.0. The van der Waals surface area contributed by atoms with Crippen molar-refractivity contribution in [3.63, 3.8) is 0 Å². The molecule has 1 fully saturated rings. The molecular weight excluding hydrogens is 270 g/mol. The second kappa shape index (κ2) is 7.43. The number of ether oxygens (including phenoxy) is 2. The fourth-order valence-corrected chi connectivity index (χ4v) is 1.65. The number of hydrogen-bond acceptors (Lipinski definition) is 7. The molecule has 1 rings (SSSR count). The van der Waals surface area contributed by atoms with Crippen molar-refractivity contribution in [3.05, 3.63) is 0 Å². The van der Waals surface area contributed by atoms with Crippen LogP contribution < -0.4 is 5.32 Å². The lowest BCUT2D eigenvalue weighted by atomic mass is 10.4. The lowest BCUT2D eigenvalue weighted by molar-refractivity contribution is -0.146. The Morgan fingerprint density at radius 3 is 2.10 bits per heavy atom. The Hall–Kier alpha value is -2.16. The van der Waals surface area contributed by atoms with Crippen molar-refractivity contribution in [2.45, 2.75) is 0 Å². The summed E-state index contributed by atoms with van der Waals surface area (Å²) in [5.74, 6) is -1.67. The molecule has 0 atom stereocenters. The summed E-state index contributed by atoms with van der Waals surface area (Å²) >= 11 is 0. The van der Waals surface area contributed by atoms with Gasteiger partial charge in [-0.25, -0.2) is 4.79 Å². The standard InChI is InChI=1S/C11H17N3O6/c1-19-9(16)6-13(7-10(17)20-2)5-8(15)14-4-3-12-11(14)18/h3-7H2,1-2H3,(H,12,18). The molecule has 0 bridgehead atoms. The van der Waals surface area contributed by atoms with Crippen LogP contribution in [-0.4, -0.2) is 80.6 Å². The average Bonchev–Trinajstić information content (AvgIpc) is 2.84. The van der Waals surface area contributed by atoms with E-state index in [1.54, 1.807) is 0 Å². The average molecular weight is 287 g/mol. The molecule has 0 aromatic carbocycles. The van der Waals surface area contributed by atoms with Crippen molar-refractivity contribution in [2.75, 3.05) is 46.9 Å². The number of carbonyl (C=O) groups is 4. The van der Waals surface area contributed by atoms with Crippen LogP contribution in [0.5, 0.6) is 0 Å². The van der Waals surface area contributed by atoms with Crippen LogP contribution in [0, 0.1) is 0 Å². The Morgan fingerprint density at radius 2 is 1.70 bits per heavy atom. The number of esters is 2. The first kappa shape index (κ1) is 15.9. The van der Waals surface area contributed by atoms with Gasteiger partial charge in [-0.15, -0.1) is 0 Å². The molecule has 9 nitrogen and oxygen atoms in total. The van der Waals surface area contributed by atoms with Crippen molar-refractivity contribution in [1.82, 2.24) is 15.1 Å². The van der Waals surface area contributed by atoms with E-state index >= 15 is 0 Å². The van der Waals surface area contributed by atoms with E-state index in [4.69, 9.17) is 0 Å². The highest BCUT2D eigenvalue weighted by Gasteiger charge is 2.28. The number of hydrogen-bond donors (Lipinski definition) is 1. The largest absolute Gasteiger partial charge is 0.468 e. The van der Waals surface area contributed by atoms with Crippen molar-refractivity contribution in [1.29, 1.82) is 0 Å². The highest BCUT2D eigenvalue weighted by Crippen LogP contribution is 2.00. The first-order valence-electron chi connectivity index (χ1n) is 5.92. The molecule has 1 heterocycles. The zero-order chi connectivity index (χ0) is 15.1. The van der Waals surface area contributed by atoms with Crippen LogP contribution in [0.25, 0.3) is 0 Å². The molecule has 0 saturated carbocycles. The second-order valence-electron chi connectivity index (χ2n) is 4.07. The van der Waals surface area contributed by atoms with E-state index in [9.17, 15) is 19.2 Å². The molecule has 1 aliphatic heterocycles. The van der Waals surface area contributed by atoms with Gasteiger partial charge in [0.2, 0.25) is 5.91 Å². The van der Waals surface area contributed by atoms with E-state index in [-0.39, 0.29) is 26.2 Å². The van der Waals surface area contributed by atoms with Gasteiger partial charge in [-0.1, -0.05) is 0 Å². The molecule has 1 aliphatic rings. The monoisotopic (exact) mass is 287 g/mol. The maximum atomic E-state index is 11.9. The molecule has 0 radical (unpaired) electrons. The molecule has 112 valence electrons. The maximum Gasteiger partial charge on any atom is 0.324 e. The molecule has 1 N–H and O–H groups in total. The Bertz CT molecular complexity index is 393. The van der Waals surface area contributed by atoms with Gasteiger partial charge in [0, 0.05) is 13.1 Å². The highest BCUT2D eigenvalue weighted by atomic mass is 16.5. The lowest BCUT2D eigenvalue weighted by Crippen LogP contribution is -2.45. The molecule has 0 spiro atoms. The van der Waals surface area contributed by atoms with Gasteiger partial charge in [0.15, 0.2) is 0 Å². The molecule has 0 aromatic rings. The van der Waals surface area contributed by atoms with E-state index in [0.29, 0.717) is 6.54 Å². The molecule has 0 unspecified atom stereocenters. The Labute approximate surface area is 115 Å². The summed E-state index contributed by atoms with van der Waals surface area (Å²) in [5, 5.41) is 2.49. The highest BCUT2D eigenvalue weighted by molar-refractivity contribution is 5.97. The third kappa shape index (κ3) is 4.50. The SMILES string of the molecule is COC(=O)CN(CC(=O)OC)CC(=O)N1CCNC1=O. The van der Waals surface area contributed by atoms with E-state index in [0.717, 1.165) is 4.90 Å². The summed E-state index contributed by atoms with van der Waals surface area (Å²) < 4.78 is 8.97. The minimum absolute atomic E-state index is 0.243. The number of nitrogens with zero attached hydrogens (tertiary/aromatic N) is 2. The molecule has 1 saturated heterocycles. The minimum atomic E-state index is -0.590. The Kier molecular flexibility index (Phi) is 5.91. The fourth-order valence-electron chi connectivity index (χ4n) is 1.65. The van der Waals surface area contributed by atoms with Gasteiger partial charge < -0.3 is 14.8 Å². The molecule has 9 heteroatoms. The number of imide groups is 1. The van der Waals surface area contributed by atoms with Gasteiger partial charge in [-0.2, -0.15) is 0 Å². The van der Waals surface area contributed by atoms with Crippen molar-refractivity contribution in [3.8, 4) is 0 Å². The number of nitrogens with one attached hydrogen (secondary N) is 1. The summed E-state index contributed by atoms with van der Waals surface area (Å²) in [6, 6.07) is -0.480. The summed E-state index contributed by atoms with van der Waals surface area (Å²) in [7, 11) is 2.41. The summed E-state index contributed by atoms with van der Waals surface area (Å²) in [6.45, 7) is -0.0856. The zero-order valence-corrected chi connectivity index (χ0v) is 11.4. The molecular formula is C11H17N3O6. The predicted molar refractivity (Wildman–Crippen MR) is 65.6 cm³/mol. The van der Waals surface area contributed by atoms with Crippen LogP contribution in [-0.2, 0) is 23.9 Å². The Morgan fingerprint density at radius 1 is 1.15 bits per heavy atom. The van der Waals surface area contributed by atoms with Crippen molar-refractivity contribution >= 4 is 23.9 Å². The van der Waals surface area contributed by atoms with E-state index in [2.05, 4.69) is 14.8 Å². The quantitative estimate of drug-likeness (QED) is 0.574. The first-order valence-corrected chi connectivity index (χ1v) is 5.92. The van der Waals surface area contributed by atoms with E-state index < -0.39 is 23.9 Å². The number of methoxy groups -OCH3 is 2. The van der Waals surface area contributed by atoms with E-state index in [1.807, 2.05) is 0 Å². The summed E-state index contributed by atoms with van der Waals surface area (Å²) in [6.07, 6.45) is 0. The van der Waals surface area contributed by atoms with Gasteiger partial charge in [0.25, 0.3) is 0 Å². The zero-order valence-electron chi connectivity index (χ0n) is 11.4. The number of urea groups is 1. The third-order valence-corrected chi connectivity index (χ3v) is 2.68. The maximum absolute atomic E-state index is 11.9. The summed E-state index contributed by atoms with van der Waals surface area (Å²) in [5.41, 5.74) is 0. The van der Waals surface area contributed by atoms with Crippen molar-refractivity contribution in [2.24, 2.45) is 0 Å². The van der Waals surface area contributed by atoms with Gasteiger partial charge in [-0.05, 0) is 0 Å². The van der Waals surface area contributed by atoms with Gasteiger partial charge in [0.1, 0.15) is 0 Å². The smallest absolute Gasteiger partial charge is 0.324 e. The number of rotatable bonds is 6. The van der Waals surface area contributed by atoms with Crippen molar-refractivity contribution < 1.29 is 28.7 Å². The van der Waals surface area contributed by atoms with Crippen LogP contribution in [0.15, 0.2) is 0 Å². The van der Waals surface area contributed by atoms with Crippen LogP contribution in [0.1, 0.15) is 0 Å².